The fourth-order valence-electron chi connectivity index (χ4n) is 8.89. The number of aliphatic imine (C=N–C) groups is 2. The minimum absolute atomic E-state index is 0.0334. The molecule has 2 heterocycles. The highest BCUT2D eigenvalue weighted by atomic mass is 16.3. The molecule has 26 heteroatoms. The lowest BCUT2D eigenvalue weighted by atomic mass is 10.0. The molecule has 1 aromatic heterocycles. The van der Waals surface area contributed by atoms with E-state index in [-0.39, 0.29) is 89.1 Å². The molecule has 7 amide bonds. The Morgan fingerprint density at radius 1 is 0.766 bits per heavy atom. The van der Waals surface area contributed by atoms with Gasteiger partial charge in [0.1, 0.15) is 30.6 Å². The lowest BCUT2D eigenvalue weighted by Gasteiger charge is -2.31. The molecule has 1 saturated carbocycles. The van der Waals surface area contributed by atoms with Crippen molar-refractivity contribution in [3.8, 4) is 0 Å². The number of aliphatic hydroxyl groups excluding tert-OH is 2. The Morgan fingerprint density at radius 2 is 1.43 bits per heavy atom. The minimum atomic E-state index is -1.62. The van der Waals surface area contributed by atoms with Crippen LogP contribution in [0.4, 0.5) is 0 Å². The number of rotatable bonds is 20. The van der Waals surface area contributed by atoms with Crippen LogP contribution in [-0.2, 0) is 46.4 Å². The number of aromatic amines is 1. The number of aliphatic hydroxyl groups is 2. The monoisotopic (exact) mass is 1070 g/mol. The number of nitrogens with one attached hydrogen (secondary N) is 10. The number of aromatic nitrogens is 1. The Hall–Kier alpha value is -7.39. The number of amides is 7. The molecule has 2 fully saturated rings. The first-order valence-corrected chi connectivity index (χ1v) is 26.2. The zero-order chi connectivity index (χ0) is 55.9. The number of fused-ring (bicyclic) bond motifs is 1. The smallest absolute Gasteiger partial charge is 0.243 e. The second kappa shape index (κ2) is 31.0. The molecule has 0 radical (unpaired) electrons. The molecule has 0 spiro atoms. The number of carbonyl (C=O) groups excluding carboxylic acids is 7. The predicted octanol–water partition coefficient (Wildman–Crippen LogP) is -3.63. The van der Waals surface area contributed by atoms with Gasteiger partial charge in [0, 0.05) is 56.1 Å². The third-order valence-corrected chi connectivity index (χ3v) is 13.1. The van der Waals surface area contributed by atoms with Crippen molar-refractivity contribution < 1.29 is 43.8 Å². The average molecular weight is 1070 g/mol. The third kappa shape index (κ3) is 20.9. The molecule has 26 nitrogen and oxygen atoms in total. The van der Waals surface area contributed by atoms with Crippen molar-refractivity contribution in [2.24, 2.45) is 38.7 Å². The van der Waals surface area contributed by atoms with E-state index in [1.807, 2.05) is 24.3 Å². The van der Waals surface area contributed by atoms with Crippen molar-refractivity contribution in [3.63, 3.8) is 0 Å². The van der Waals surface area contributed by atoms with E-state index in [4.69, 9.17) is 28.7 Å². The summed E-state index contributed by atoms with van der Waals surface area (Å²) in [6, 6.07) is 7.65. The lowest BCUT2D eigenvalue weighted by molar-refractivity contribution is -0.134. The molecule has 77 heavy (non-hydrogen) atoms. The molecular formula is C51H79N17O9. The van der Waals surface area contributed by atoms with Gasteiger partial charge in [-0.25, -0.2) is 0 Å². The van der Waals surface area contributed by atoms with Gasteiger partial charge in [0.2, 0.25) is 41.4 Å². The van der Waals surface area contributed by atoms with Crippen LogP contribution in [0.5, 0.6) is 0 Å². The molecule has 2 aromatic carbocycles. The van der Waals surface area contributed by atoms with Crippen molar-refractivity contribution in [1.82, 2.24) is 52.8 Å². The normalized spacial score (nSPS) is 23.4. The SMILES string of the molecule is CC(=O)NC(CCCN=C(N)N)C(O)NC1CC(=O)NCCCCC(C(=O)NC2CC2)NC(=O)C(Cc2c[nH]c3ccccc23)NC(O)C(CCCN=C(N)N)NC(=O)C(Cc2ccccc2)NC(=O)C(CCN)NC1=O. The standard InChI is InChI=1S/C51H79N17O9/c1-29(69)61-35(16-9-23-58-50(53)54)44(72)68-41-27-42(70)57-22-8-7-15-36(43(71)62-32-18-19-32)63-48(76)40(26-31-28-60-34-14-6-5-13-33(31)34)67-45(73)37(17-10-24-59-51(55)56)64-47(75)39(25-30-11-3-2-4-12-30)66-46(74)38(20-21-52)65-49(41)77/h2-6,11-14,28,32,35-41,44-45,60,67-68,72-73H,7-10,15-27,52H2,1H3,(H,57,70)(H,61,69)(H,62,71)(H,63,76)(H,64,75)(H,65,77)(H,66,74)(H4,53,54,58)(H4,55,56,59). The molecule has 1 saturated heterocycles. The molecule has 422 valence electrons. The zero-order valence-electron chi connectivity index (χ0n) is 43.6. The molecular weight excluding hydrogens is 995 g/mol. The number of guanidine groups is 2. The van der Waals surface area contributed by atoms with Crippen LogP contribution < -0.4 is 76.5 Å². The molecule has 3 aromatic rings. The van der Waals surface area contributed by atoms with Gasteiger partial charge >= 0.3 is 0 Å². The maximum atomic E-state index is 14.7. The third-order valence-electron chi connectivity index (χ3n) is 13.1. The molecule has 22 N–H and O–H groups in total. The molecule has 5 rings (SSSR count). The highest BCUT2D eigenvalue weighted by Gasteiger charge is 2.36. The van der Waals surface area contributed by atoms with E-state index in [2.05, 4.69) is 62.8 Å². The summed E-state index contributed by atoms with van der Waals surface area (Å²) < 4.78 is 0. The van der Waals surface area contributed by atoms with Crippen LogP contribution in [-0.4, -0.2) is 155 Å². The van der Waals surface area contributed by atoms with E-state index in [0.717, 1.165) is 29.3 Å². The summed E-state index contributed by atoms with van der Waals surface area (Å²) >= 11 is 0. The maximum Gasteiger partial charge on any atom is 0.243 e. The largest absolute Gasteiger partial charge is 0.376 e. The number of H-pyrrole nitrogens is 1. The van der Waals surface area contributed by atoms with Crippen molar-refractivity contribution in [3.05, 3.63) is 71.9 Å². The van der Waals surface area contributed by atoms with Gasteiger partial charge in [0.05, 0.1) is 30.6 Å². The van der Waals surface area contributed by atoms with Gasteiger partial charge in [-0.1, -0.05) is 48.5 Å². The van der Waals surface area contributed by atoms with E-state index in [9.17, 15) is 43.8 Å². The maximum absolute atomic E-state index is 14.7. The average Bonchev–Trinajstić information content (AvgIpc) is 4.12. The number of hydrogen-bond acceptors (Lipinski definition) is 14. The highest BCUT2D eigenvalue weighted by molar-refractivity contribution is 5.95. The predicted molar refractivity (Wildman–Crippen MR) is 289 cm³/mol. The van der Waals surface area contributed by atoms with Crippen molar-refractivity contribution in [2.75, 3.05) is 26.2 Å². The molecule has 0 bridgehead atoms. The van der Waals surface area contributed by atoms with Gasteiger partial charge in [-0.15, -0.1) is 0 Å². The summed E-state index contributed by atoms with van der Waals surface area (Å²) in [7, 11) is 0. The molecule has 9 unspecified atom stereocenters. The van der Waals surface area contributed by atoms with Crippen LogP contribution >= 0.6 is 0 Å². The Morgan fingerprint density at radius 3 is 2.12 bits per heavy atom. The summed E-state index contributed by atoms with van der Waals surface area (Å²) in [5.74, 6) is -4.92. The summed E-state index contributed by atoms with van der Waals surface area (Å²) in [5, 5.41) is 49.9. The number of carbonyl (C=O) groups is 7. The first-order chi connectivity index (χ1) is 36.9. The number of hydrogen-bond donors (Lipinski definition) is 17. The number of benzene rings is 2. The van der Waals surface area contributed by atoms with E-state index < -0.39 is 103 Å². The first kappa shape index (κ1) is 60.5. The summed E-state index contributed by atoms with van der Waals surface area (Å²) in [6.07, 6.45) is 0.973. The van der Waals surface area contributed by atoms with Crippen LogP contribution in [0, 0.1) is 0 Å². The van der Waals surface area contributed by atoms with E-state index >= 15 is 0 Å². The second-order valence-electron chi connectivity index (χ2n) is 19.5. The first-order valence-electron chi connectivity index (χ1n) is 26.2. The zero-order valence-corrected chi connectivity index (χ0v) is 43.6. The Balaban J connectivity index is 1.52. The number of nitrogens with zero attached hydrogens (tertiary/aromatic N) is 2. The topological polar surface area (TPSA) is 439 Å². The summed E-state index contributed by atoms with van der Waals surface area (Å²) in [6.45, 7) is 1.50. The van der Waals surface area contributed by atoms with Crippen molar-refractivity contribution in [1.29, 1.82) is 0 Å². The van der Waals surface area contributed by atoms with Crippen LogP contribution in [0.25, 0.3) is 10.9 Å². The van der Waals surface area contributed by atoms with Crippen LogP contribution in [0.1, 0.15) is 88.7 Å². The van der Waals surface area contributed by atoms with E-state index in [1.165, 1.54) is 6.92 Å². The highest BCUT2D eigenvalue weighted by Crippen LogP contribution is 2.21. The van der Waals surface area contributed by atoms with E-state index in [1.54, 1.807) is 36.5 Å². The molecule has 1 aliphatic heterocycles. The molecule has 1 aliphatic carbocycles. The Labute approximate surface area is 447 Å². The fraction of sp³-hybridized carbons (Fsp3) is 0.549. The second-order valence-corrected chi connectivity index (χ2v) is 19.5. The van der Waals surface area contributed by atoms with Crippen LogP contribution in [0.3, 0.4) is 0 Å². The molecule has 9 atom stereocenters. The van der Waals surface area contributed by atoms with Crippen molar-refractivity contribution in [2.45, 2.75) is 151 Å². The quantitative estimate of drug-likeness (QED) is 0.0225. The number of para-hydroxylation sites is 1. The van der Waals surface area contributed by atoms with Crippen LogP contribution in [0.15, 0.2) is 70.8 Å². The van der Waals surface area contributed by atoms with Crippen molar-refractivity contribution >= 4 is 64.2 Å². The molecule has 2 aliphatic rings. The Kier molecular flexibility index (Phi) is 24.3. The van der Waals surface area contributed by atoms with Gasteiger partial charge in [-0.05, 0) is 94.4 Å². The van der Waals surface area contributed by atoms with E-state index in [0.29, 0.717) is 24.8 Å². The Bertz CT molecular complexity index is 2480. The summed E-state index contributed by atoms with van der Waals surface area (Å²) in [4.78, 5) is 109. The van der Waals surface area contributed by atoms with Gasteiger partial charge < -0.3 is 81.1 Å². The van der Waals surface area contributed by atoms with Crippen LogP contribution in [0.2, 0.25) is 0 Å². The van der Waals surface area contributed by atoms with Gasteiger partial charge in [-0.3, -0.25) is 54.2 Å². The lowest BCUT2D eigenvalue weighted by Crippen LogP contribution is -2.62. The van der Waals surface area contributed by atoms with Gasteiger partial charge in [0.25, 0.3) is 0 Å². The summed E-state index contributed by atoms with van der Waals surface area (Å²) in [5.41, 5.74) is 30.3. The number of nitrogens with two attached hydrogens (primary N) is 5. The van der Waals surface area contributed by atoms with Gasteiger partial charge in [-0.2, -0.15) is 0 Å². The van der Waals surface area contributed by atoms with Gasteiger partial charge in [0.15, 0.2) is 11.9 Å². The fourth-order valence-corrected chi connectivity index (χ4v) is 8.89. The minimum Gasteiger partial charge on any atom is -0.376 e.